The number of hydrogen-bond donors (Lipinski definition) is 3. The Hall–Kier alpha value is -1.88. The quantitative estimate of drug-likeness (QED) is 0.720. The first-order chi connectivity index (χ1) is 10.8. The van der Waals surface area contributed by atoms with E-state index in [9.17, 15) is 14.7 Å². The van der Waals surface area contributed by atoms with Crippen molar-refractivity contribution in [3.8, 4) is 0 Å². The molecule has 126 valence electrons. The molecular formula is C18H26N2O3. The van der Waals surface area contributed by atoms with E-state index in [4.69, 9.17) is 0 Å². The number of aryl methyl sites for hydroxylation is 1. The third-order valence-corrected chi connectivity index (χ3v) is 4.55. The van der Waals surface area contributed by atoms with Crippen molar-refractivity contribution in [3.05, 3.63) is 29.3 Å². The predicted octanol–water partition coefficient (Wildman–Crippen LogP) is 2.03. The van der Waals surface area contributed by atoms with Crippen molar-refractivity contribution in [1.82, 2.24) is 5.32 Å². The minimum atomic E-state index is -0.880. The Morgan fingerprint density at radius 2 is 2.17 bits per heavy atom. The van der Waals surface area contributed by atoms with Crippen molar-refractivity contribution < 1.29 is 14.7 Å². The summed E-state index contributed by atoms with van der Waals surface area (Å²) < 4.78 is 0. The second-order valence-electron chi connectivity index (χ2n) is 6.86. The van der Waals surface area contributed by atoms with E-state index < -0.39 is 5.60 Å². The van der Waals surface area contributed by atoms with Gasteiger partial charge in [0, 0.05) is 18.7 Å². The molecule has 23 heavy (non-hydrogen) atoms. The number of hydrogen-bond acceptors (Lipinski definition) is 3. The molecule has 0 bridgehead atoms. The molecule has 1 aliphatic heterocycles. The number of benzene rings is 1. The zero-order valence-electron chi connectivity index (χ0n) is 14.1. The van der Waals surface area contributed by atoms with Crippen LogP contribution in [0.3, 0.4) is 0 Å². The Kier molecular flexibility index (Phi) is 5.42. The lowest BCUT2D eigenvalue weighted by Gasteiger charge is -2.27. The van der Waals surface area contributed by atoms with Crippen LogP contribution < -0.4 is 10.6 Å². The SMILES string of the molecule is CC(C)C(C)(O)CNC(=O)CCCc1ccc2c(c1)CC(=O)N2. The number of rotatable bonds is 7. The van der Waals surface area contributed by atoms with Crippen molar-refractivity contribution in [2.75, 3.05) is 11.9 Å². The van der Waals surface area contributed by atoms with E-state index in [0.717, 1.165) is 29.7 Å². The molecule has 1 atom stereocenters. The maximum absolute atomic E-state index is 11.9. The molecule has 5 nitrogen and oxygen atoms in total. The summed E-state index contributed by atoms with van der Waals surface area (Å²) in [5.41, 5.74) is 2.19. The molecule has 2 rings (SSSR count). The van der Waals surface area contributed by atoms with Gasteiger partial charge in [0.2, 0.25) is 11.8 Å². The maximum atomic E-state index is 11.9. The Labute approximate surface area is 137 Å². The van der Waals surface area contributed by atoms with E-state index in [-0.39, 0.29) is 24.3 Å². The summed E-state index contributed by atoms with van der Waals surface area (Å²) in [6, 6.07) is 5.95. The van der Waals surface area contributed by atoms with Crippen LogP contribution in [0.25, 0.3) is 0 Å². The zero-order chi connectivity index (χ0) is 17.0. The van der Waals surface area contributed by atoms with Gasteiger partial charge >= 0.3 is 0 Å². The number of nitrogens with one attached hydrogen (secondary N) is 2. The Morgan fingerprint density at radius 1 is 1.43 bits per heavy atom. The van der Waals surface area contributed by atoms with Gasteiger partial charge in [0.25, 0.3) is 0 Å². The van der Waals surface area contributed by atoms with Gasteiger partial charge in [0.05, 0.1) is 12.0 Å². The first-order valence-corrected chi connectivity index (χ1v) is 8.18. The van der Waals surface area contributed by atoms with E-state index >= 15 is 0 Å². The van der Waals surface area contributed by atoms with E-state index in [2.05, 4.69) is 10.6 Å². The highest BCUT2D eigenvalue weighted by Crippen LogP contribution is 2.24. The smallest absolute Gasteiger partial charge is 0.228 e. The molecule has 0 saturated heterocycles. The molecule has 1 aliphatic rings. The van der Waals surface area contributed by atoms with Crippen molar-refractivity contribution in [1.29, 1.82) is 0 Å². The van der Waals surface area contributed by atoms with E-state index in [0.29, 0.717) is 12.8 Å². The van der Waals surface area contributed by atoms with Gasteiger partial charge < -0.3 is 15.7 Å². The van der Waals surface area contributed by atoms with Crippen LogP contribution in [-0.4, -0.2) is 29.1 Å². The van der Waals surface area contributed by atoms with Crippen LogP contribution in [0.5, 0.6) is 0 Å². The summed E-state index contributed by atoms with van der Waals surface area (Å²) in [6.07, 6.45) is 2.42. The molecule has 0 aliphatic carbocycles. The highest BCUT2D eigenvalue weighted by Gasteiger charge is 2.25. The molecule has 1 unspecified atom stereocenters. The van der Waals surface area contributed by atoms with Gasteiger partial charge in [0.15, 0.2) is 0 Å². The third-order valence-electron chi connectivity index (χ3n) is 4.55. The van der Waals surface area contributed by atoms with Crippen molar-refractivity contribution >= 4 is 17.5 Å². The molecule has 0 spiro atoms. The summed E-state index contributed by atoms with van der Waals surface area (Å²) in [5, 5.41) is 15.7. The molecule has 0 fully saturated rings. The first kappa shape index (κ1) is 17.5. The summed E-state index contributed by atoms with van der Waals surface area (Å²) >= 11 is 0. The molecule has 3 N–H and O–H groups in total. The maximum Gasteiger partial charge on any atom is 0.228 e. The number of fused-ring (bicyclic) bond motifs is 1. The fourth-order valence-corrected chi connectivity index (χ4v) is 2.46. The Balaban J connectivity index is 1.74. The molecule has 1 heterocycles. The number of amides is 2. The van der Waals surface area contributed by atoms with Gasteiger partial charge in [0.1, 0.15) is 0 Å². The van der Waals surface area contributed by atoms with Gasteiger partial charge in [-0.1, -0.05) is 26.0 Å². The minimum Gasteiger partial charge on any atom is -0.388 e. The Bertz CT molecular complexity index is 594. The van der Waals surface area contributed by atoms with Crippen molar-refractivity contribution in [3.63, 3.8) is 0 Å². The van der Waals surface area contributed by atoms with Gasteiger partial charge in [-0.15, -0.1) is 0 Å². The molecule has 0 saturated carbocycles. The zero-order valence-corrected chi connectivity index (χ0v) is 14.1. The van der Waals surface area contributed by atoms with Crippen LogP contribution >= 0.6 is 0 Å². The standard InChI is InChI=1S/C18H26N2O3/c1-12(2)18(3,23)11-19-16(21)6-4-5-13-7-8-15-14(9-13)10-17(22)20-15/h7-9,12,23H,4-6,10-11H2,1-3H3,(H,19,21)(H,20,22). The van der Waals surface area contributed by atoms with Crippen molar-refractivity contribution in [2.24, 2.45) is 5.92 Å². The second-order valence-corrected chi connectivity index (χ2v) is 6.86. The molecular weight excluding hydrogens is 292 g/mol. The molecule has 5 heteroatoms. The van der Waals surface area contributed by atoms with Crippen molar-refractivity contribution in [2.45, 2.75) is 52.1 Å². The average Bonchev–Trinajstić information content (AvgIpc) is 2.84. The van der Waals surface area contributed by atoms with Crippen LogP contribution in [0.15, 0.2) is 18.2 Å². The first-order valence-electron chi connectivity index (χ1n) is 8.18. The highest BCUT2D eigenvalue weighted by atomic mass is 16.3. The largest absolute Gasteiger partial charge is 0.388 e. The van der Waals surface area contributed by atoms with E-state index in [1.165, 1.54) is 0 Å². The summed E-state index contributed by atoms with van der Waals surface area (Å²) in [4.78, 5) is 23.2. The predicted molar refractivity (Wildman–Crippen MR) is 90.2 cm³/mol. The van der Waals surface area contributed by atoms with Crippen LogP contribution in [-0.2, 0) is 22.4 Å². The van der Waals surface area contributed by atoms with E-state index in [1.807, 2.05) is 32.0 Å². The van der Waals surface area contributed by atoms with Crippen LogP contribution in [0.4, 0.5) is 5.69 Å². The lowest BCUT2D eigenvalue weighted by atomic mass is 9.92. The third kappa shape index (κ3) is 4.79. The number of aliphatic hydroxyl groups is 1. The topological polar surface area (TPSA) is 78.4 Å². The van der Waals surface area contributed by atoms with Crippen LogP contribution in [0.2, 0.25) is 0 Å². The molecule has 1 aromatic carbocycles. The summed E-state index contributed by atoms with van der Waals surface area (Å²) in [7, 11) is 0. The Morgan fingerprint density at radius 3 is 2.87 bits per heavy atom. The number of carbonyl (C=O) groups is 2. The molecule has 2 amide bonds. The fourth-order valence-electron chi connectivity index (χ4n) is 2.46. The average molecular weight is 318 g/mol. The lowest BCUT2D eigenvalue weighted by molar-refractivity contribution is -0.122. The van der Waals surface area contributed by atoms with E-state index in [1.54, 1.807) is 6.92 Å². The van der Waals surface area contributed by atoms with Gasteiger partial charge in [-0.2, -0.15) is 0 Å². The second kappa shape index (κ2) is 7.13. The van der Waals surface area contributed by atoms with Crippen LogP contribution in [0.1, 0.15) is 44.7 Å². The number of carbonyl (C=O) groups excluding carboxylic acids is 2. The van der Waals surface area contributed by atoms with Gasteiger partial charge in [-0.25, -0.2) is 0 Å². The summed E-state index contributed by atoms with van der Waals surface area (Å²) in [6.45, 7) is 5.87. The molecule has 1 aromatic rings. The minimum absolute atomic E-state index is 0.0359. The van der Waals surface area contributed by atoms with Gasteiger partial charge in [-0.05, 0) is 42.9 Å². The lowest BCUT2D eigenvalue weighted by Crippen LogP contribution is -2.44. The highest BCUT2D eigenvalue weighted by molar-refractivity contribution is 5.99. The fraction of sp³-hybridized carbons (Fsp3) is 0.556. The molecule has 0 aromatic heterocycles. The number of anilines is 1. The van der Waals surface area contributed by atoms with Crippen LogP contribution in [0, 0.1) is 5.92 Å². The van der Waals surface area contributed by atoms with Gasteiger partial charge in [-0.3, -0.25) is 9.59 Å². The monoisotopic (exact) mass is 318 g/mol. The summed E-state index contributed by atoms with van der Waals surface area (Å²) in [5.74, 6) is 0.0863. The normalized spacial score (nSPS) is 16.0. The molecule has 0 radical (unpaired) electrons.